The average Bonchev–Trinajstić information content (AvgIpc) is 2.91. The van der Waals surface area contributed by atoms with E-state index in [1.807, 2.05) is 49.4 Å². The molecule has 0 fully saturated rings. The molecule has 100 valence electrons. The summed E-state index contributed by atoms with van der Waals surface area (Å²) in [5.41, 5.74) is 3.61. The van der Waals surface area contributed by atoms with Crippen molar-refractivity contribution in [2.75, 3.05) is 0 Å². The maximum atomic E-state index is 9.75. The zero-order valence-electron chi connectivity index (χ0n) is 11.2. The van der Waals surface area contributed by atoms with E-state index in [0.717, 1.165) is 22.4 Å². The van der Waals surface area contributed by atoms with Crippen LogP contribution in [0.2, 0.25) is 0 Å². The number of aryl methyl sites for hydroxylation is 1. The number of phenols is 1. The fourth-order valence-electron chi connectivity index (χ4n) is 2.06. The third-order valence-corrected chi connectivity index (χ3v) is 3.25. The number of phenolic OH excluding ortho intramolecular Hbond substituents is 1. The van der Waals surface area contributed by atoms with E-state index in [1.165, 1.54) is 0 Å². The Kier molecular flexibility index (Phi) is 3.25. The molecule has 0 unspecified atom stereocenters. The van der Waals surface area contributed by atoms with Crippen molar-refractivity contribution in [3.63, 3.8) is 0 Å². The quantitative estimate of drug-likeness (QED) is 0.780. The SMILES string of the molecule is Cc1ccc(-c2coc(Cc3ccccc3)n2)cc1O. The van der Waals surface area contributed by atoms with E-state index in [2.05, 4.69) is 4.98 Å². The summed E-state index contributed by atoms with van der Waals surface area (Å²) < 4.78 is 5.50. The second kappa shape index (κ2) is 5.21. The number of nitrogens with zero attached hydrogens (tertiary/aromatic N) is 1. The highest BCUT2D eigenvalue weighted by molar-refractivity contribution is 5.61. The summed E-state index contributed by atoms with van der Waals surface area (Å²) in [6.45, 7) is 1.86. The fraction of sp³-hybridized carbons (Fsp3) is 0.118. The van der Waals surface area contributed by atoms with Crippen LogP contribution in [0.5, 0.6) is 5.75 Å². The topological polar surface area (TPSA) is 46.3 Å². The first-order chi connectivity index (χ1) is 9.72. The number of oxazole rings is 1. The number of benzene rings is 2. The van der Waals surface area contributed by atoms with Gasteiger partial charge in [-0.25, -0.2) is 4.98 Å². The predicted octanol–water partition coefficient (Wildman–Crippen LogP) is 3.95. The van der Waals surface area contributed by atoms with Crippen molar-refractivity contribution in [1.82, 2.24) is 4.98 Å². The first-order valence-electron chi connectivity index (χ1n) is 6.51. The van der Waals surface area contributed by atoms with Crippen LogP contribution in [0.1, 0.15) is 17.0 Å². The minimum atomic E-state index is 0.273. The van der Waals surface area contributed by atoms with E-state index in [0.29, 0.717) is 12.3 Å². The summed E-state index contributed by atoms with van der Waals surface area (Å²) in [4.78, 5) is 4.47. The fourth-order valence-corrected chi connectivity index (χ4v) is 2.06. The molecule has 0 spiro atoms. The summed E-state index contributed by atoms with van der Waals surface area (Å²) in [6, 6.07) is 15.6. The summed E-state index contributed by atoms with van der Waals surface area (Å²) >= 11 is 0. The van der Waals surface area contributed by atoms with Gasteiger partial charge in [-0.1, -0.05) is 42.5 Å². The van der Waals surface area contributed by atoms with Gasteiger partial charge in [-0.2, -0.15) is 0 Å². The lowest BCUT2D eigenvalue weighted by atomic mass is 10.1. The Labute approximate surface area is 117 Å². The Hall–Kier alpha value is -2.55. The molecular formula is C17H15NO2. The van der Waals surface area contributed by atoms with Gasteiger partial charge in [-0.05, 0) is 24.1 Å². The van der Waals surface area contributed by atoms with Crippen LogP contribution in [0.25, 0.3) is 11.3 Å². The number of hydrogen-bond acceptors (Lipinski definition) is 3. The van der Waals surface area contributed by atoms with E-state index >= 15 is 0 Å². The molecule has 1 aromatic heterocycles. The highest BCUT2D eigenvalue weighted by Gasteiger charge is 2.08. The van der Waals surface area contributed by atoms with Crippen LogP contribution in [0, 0.1) is 6.92 Å². The van der Waals surface area contributed by atoms with Crippen LogP contribution < -0.4 is 0 Å². The van der Waals surface area contributed by atoms with Gasteiger partial charge >= 0.3 is 0 Å². The molecule has 0 amide bonds. The highest BCUT2D eigenvalue weighted by Crippen LogP contribution is 2.25. The van der Waals surface area contributed by atoms with Gasteiger partial charge in [-0.3, -0.25) is 0 Å². The Morgan fingerprint density at radius 2 is 1.90 bits per heavy atom. The van der Waals surface area contributed by atoms with Gasteiger partial charge in [0.05, 0.1) is 0 Å². The molecule has 0 saturated carbocycles. The van der Waals surface area contributed by atoms with Crippen LogP contribution in [-0.4, -0.2) is 10.1 Å². The van der Waals surface area contributed by atoms with Crippen LogP contribution in [0.4, 0.5) is 0 Å². The second-order valence-corrected chi connectivity index (χ2v) is 4.79. The van der Waals surface area contributed by atoms with Crippen LogP contribution in [0.3, 0.4) is 0 Å². The molecule has 3 aromatic rings. The highest BCUT2D eigenvalue weighted by atomic mass is 16.3. The minimum Gasteiger partial charge on any atom is -0.508 e. The maximum absolute atomic E-state index is 9.75. The molecule has 3 nitrogen and oxygen atoms in total. The van der Waals surface area contributed by atoms with Crippen LogP contribution >= 0.6 is 0 Å². The first kappa shape index (κ1) is 12.5. The lowest BCUT2D eigenvalue weighted by molar-refractivity contribution is 0.471. The zero-order chi connectivity index (χ0) is 13.9. The van der Waals surface area contributed by atoms with Gasteiger partial charge in [0.1, 0.15) is 17.7 Å². The predicted molar refractivity (Wildman–Crippen MR) is 77.6 cm³/mol. The third kappa shape index (κ3) is 2.57. The zero-order valence-corrected chi connectivity index (χ0v) is 11.2. The van der Waals surface area contributed by atoms with E-state index < -0.39 is 0 Å². The Bertz CT molecular complexity index is 717. The van der Waals surface area contributed by atoms with E-state index in [4.69, 9.17) is 4.42 Å². The van der Waals surface area contributed by atoms with E-state index in [1.54, 1.807) is 12.3 Å². The van der Waals surface area contributed by atoms with Gasteiger partial charge in [-0.15, -0.1) is 0 Å². The molecule has 3 rings (SSSR count). The number of aromatic hydroxyl groups is 1. The summed E-state index contributed by atoms with van der Waals surface area (Å²) in [5.74, 6) is 0.946. The minimum absolute atomic E-state index is 0.273. The molecule has 2 aromatic carbocycles. The largest absolute Gasteiger partial charge is 0.508 e. The van der Waals surface area contributed by atoms with Crippen molar-refractivity contribution in [2.45, 2.75) is 13.3 Å². The van der Waals surface area contributed by atoms with Crippen molar-refractivity contribution in [3.05, 3.63) is 71.8 Å². The smallest absolute Gasteiger partial charge is 0.198 e. The molecule has 0 aliphatic carbocycles. The molecule has 0 aliphatic heterocycles. The molecule has 0 bridgehead atoms. The monoisotopic (exact) mass is 265 g/mol. The van der Waals surface area contributed by atoms with Crippen molar-refractivity contribution in [2.24, 2.45) is 0 Å². The molecule has 1 N–H and O–H groups in total. The van der Waals surface area contributed by atoms with Crippen LogP contribution in [-0.2, 0) is 6.42 Å². The number of rotatable bonds is 3. The average molecular weight is 265 g/mol. The molecule has 0 radical (unpaired) electrons. The number of aromatic nitrogens is 1. The summed E-state index contributed by atoms with van der Waals surface area (Å²) in [6.07, 6.45) is 2.29. The normalized spacial score (nSPS) is 10.7. The molecule has 1 heterocycles. The molecule has 0 saturated heterocycles. The van der Waals surface area contributed by atoms with Crippen molar-refractivity contribution < 1.29 is 9.52 Å². The molecule has 20 heavy (non-hydrogen) atoms. The van der Waals surface area contributed by atoms with Crippen molar-refractivity contribution >= 4 is 0 Å². The van der Waals surface area contributed by atoms with E-state index in [-0.39, 0.29) is 5.75 Å². The molecule has 0 aliphatic rings. The Balaban J connectivity index is 1.84. The van der Waals surface area contributed by atoms with Crippen molar-refractivity contribution in [3.8, 4) is 17.0 Å². The second-order valence-electron chi connectivity index (χ2n) is 4.79. The lowest BCUT2D eigenvalue weighted by Gasteiger charge is -2.00. The van der Waals surface area contributed by atoms with Gasteiger partial charge in [0.15, 0.2) is 5.89 Å². The van der Waals surface area contributed by atoms with Crippen LogP contribution in [0.15, 0.2) is 59.2 Å². The maximum Gasteiger partial charge on any atom is 0.198 e. The Morgan fingerprint density at radius 3 is 2.65 bits per heavy atom. The molecule has 0 atom stereocenters. The summed E-state index contributed by atoms with van der Waals surface area (Å²) in [7, 11) is 0. The number of hydrogen-bond donors (Lipinski definition) is 1. The molecular weight excluding hydrogens is 250 g/mol. The van der Waals surface area contributed by atoms with Gasteiger partial charge in [0.25, 0.3) is 0 Å². The first-order valence-corrected chi connectivity index (χ1v) is 6.51. The van der Waals surface area contributed by atoms with E-state index in [9.17, 15) is 5.11 Å². The van der Waals surface area contributed by atoms with Gasteiger partial charge in [0, 0.05) is 12.0 Å². The third-order valence-electron chi connectivity index (χ3n) is 3.25. The van der Waals surface area contributed by atoms with Gasteiger partial charge in [0.2, 0.25) is 0 Å². The lowest BCUT2D eigenvalue weighted by Crippen LogP contribution is -1.88. The van der Waals surface area contributed by atoms with Gasteiger partial charge < -0.3 is 9.52 Å². The standard InChI is InChI=1S/C17H15NO2/c1-12-7-8-14(10-16(12)19)15-11-20-17(18-15)9-13-5-3-2-4-6-13/h2-8,10-11,19H,9H2,1H3. The molecule has 3 heteroatoms. The summed E-state index contributed by atoms with van der Waals surface area (Å²) in [5, 5.41) is 9.75. The Morgan fingerprint density at radius 1 is 1.10 bits per heavy atom. The van der Waals surface area contributed by atoms with Crippen molar-refractivity contribution in [1.29, 1.82) is 0 Å².